The first kappa shape index (κ1) is 12.5. The third-order valence-electron chi connectivity index (χ3n) is 3.76. The smallest absolute Gasteiger partial charge is 0.229 e. The van der Waals surface area contributed by atoms with E-state index in [0.717, 1.165) is 23.4 Å². The summed E-state index contributed by atoms with van der Waals surface area (Å²) >= 11 is 0. The number of nitrogens with zero attached hydrogens (tertiary/aromatic N) is 1. The maximum absolute atomic E-state index is 11.3. The van der Waals surface area contributed by atoms with Gasteiger partial charge >= 0.3 is 0 Å². The number of aromatic nitrogens is 1. The summed E-state index contributed by atoms with van der Waals surface area (Å²) in [5.74, 6) is 0.780. The van der Waals surface area contributed by atoms with Crippen molar-refractivity contribution in [3.63, 3.8) is 0 Å². The van der Waals surface area contributed by atoms with Gasteiger partial charge < -0.3 is 4.57 Å². The summed E-state index contributed by atoms with van der Waals surface area (Å²) in [4.78, 5) is 0. The molecule has 0 saturated heterocycles. The Labute approximate surface area is 113 Å². The summed E-state index contributed by atoms with van der Waals surface area (Å²) in [7, 11) is -3.22. The molecule has 3 rings (SSSR count). The van der Waals surface area contributed by atoms with Crippen LogP contribution in [-0.4, -0.2) is 19.2 Å². The average Bonchev–Trinajstić information content (AvgIpc) is 2.64. The second-order valence-electron chi connectivity index (χ2n) is 5.41. The molecule has 102 valence electrons. The molecular weight excluding hydrogens is 260 g/mol. The summed E-state index contributed by atoms with van der Waals surface area (Å²) in [6.45, 7) is 1.03. The second kappa shape index (κ2) is 4.56. The van der Waals surface area contributed by atoms with Gasteiger partial charge in [0.25, 0.3) is 0 Å². The first-order valence-electron chi connectivity index (χ1n) is 6.58. The van der Waals surface area contributed by atoms with Crippen LogP contribution in [0.3, 0.4) is 0 Å². The van der Waals surface area contributed by atoms with E-state index in [1.165, 1.54) is 25.5 Å². The topological polar surface area (TPSA) is 51.1 Å². The van der Waals surface area contributed by atoms with E-state index < -0.39 is 10.0 Å². The minimum Gasteiger partial charge on any atom is -0.347 e. The Balaban J connectivity index is 1.93. The van der Waals surface area contributed by atoms with Gasteiger partial charge in [-0.1, -0.05) is 12.5 Å². The molecule has 1 aliphatic carbocycles. The van der Waals surface area contributed by atoms with Gasteiger partial charge in [0, 0.05) is 12.7 Å². The third-order valence-corrected chi connectivity index (χ3v) is 4.36. The highest BCUT2D eigenvalue weighted by Crippen LogP contribution is 2.30. The summed E-state index contributed by atoms with van der Waals surface area (Å²) in [5.41, 5.74) is 1.73. The fourth-order valence-corrected chi connectivity index (χ4v) is 3.13. The number of hydrogen-bond acceptors (Lipinski definition) is 2. The molecule has 0 unspecified atom stereocenters. The number of sulfonamides is 1. The van der Waals surface area contributed by atoms with Gasteiger partial charge in [0.05, 0.1) is 17.5 Å². The van der Waals surface area contributed by atoms with Crippen molar-refractivity contribution in [2.75, 3.05) is 11.0 Å². The predicted molar refractivity (Wildman–Crippen MR) is 77.7 cm³/mol. The van der Waals surface area contributed by atoms with Crippen LogP contribution in [0, 0.1) is 5.92 Å². The SMILES string of the molecule is CS(=O)(=O)Nc1ccc2ccn(CC3CCC3)c2c1. The molecule has 1 aromatic heterocycles. The largest absolute Gasteiger partial charge is 0.347 e. The van der Waals surface area contributed by atoms with Crippen molar-refractivity contribution in [2.24, 2.45) is 5.92 Å². The fourth-order valence-electron chi connectivity index (χ4n) is 2.57. The Bertz CT molecular complexity index is 699. The molecular formula is C14H18N2O2S. The predicted octanol–water partition coefficient (Wildman–Crippen LogP) is 2.81. The molecule has 4 nitrogen and oxygen atoms in total. The van der Waals surface area contributed by atoms with Crippen LogP contribution in [0.15, 0.2) is 30.5 Å². The zero-order valence-corrected chi connectivity index (χ0v) is 11.8. The molecule has 1 aliphatic rings. The van der Waals surface area contributed by atoms with Gasteiger partial charge in [0.1, 0.15) is 0 Å². The molecule has 1 aromatic carbocycles. The van der Waals surface area contributed by atoms with E-state index in [1.54, 1.807) is 6.07 Å². The molecule has 0 radical (unpaired) electrons. The molecule has 1 heterocycles. The van der Waals surface area contributed by atoms with Crippen molar-refractivity contribution in [2.45, 2.75) is 25.8 Å². The van der Waals surface area contributed by atoms with Crippen LogP contribution < -0.4 is 4.72 Å². The highest BCUT2D eigenvalue weighted by Gasteiger charge is 2.18. The Hall–Kier alpha value is -1.49. The standard InChI is InChI=1S/C14H18N2O2S/c1-19(17,18)15-13-6-5-12-7-8-16(14(12)9-13)10-11-3-2-4-11/h5-9,11,15H,2-4,10H2,1H3. The first-order valence-corrected chi connectivity index (χ1v) is 8.47. The minimum absolute atomic E-state index is 0.628. The molecule has 0 aliphatic heterocycles. The molecule has 1 fully saturated rings. The normalized spacial score (nSPS) is 16.5. The molecule has 1 N–H and O–H groups in total. The van der Waals surface area contributed by atoms with Gasteiger partial charge in [-0.05, 0) is 42.3 Å². The lowest BCUT2D eigenvalue weighted by Crippen LogP contribution is -2.17. The van der Waals surface area contributed by atoms with Crippen molar-refractivity contribution in [1.82, 2.24) is 4.57 Å². The first-order chi connectivity index (χ1) is 9.01. The van der Waals surface area contributed by atoms with Crippen molar-refractivity contribution in [3.05, 3.63) is 30.5 Å². The van der Waals surface area contributed by atoms with Gasteiger partial charge in [-0.25, -0.2) is 8.42 Å². The molecule has 0 atom stereocenters. The Morgan fingerprint density at radius 3 is 2.74 bits per heavy atom. The molecule has 19 heavy (non-hydrogen) atoms. The number of nitrogens with one attached hydrogen (secondary N) is 1. The maximum atomic E-state index is 11.3. The molecule has 0 spiro atoms. The van der Waals surface area contributed by atoms with Crippen molar-refractivity contribution in [3.8, 4) is 0 Å². The van der Waals surface area contributed by atoms with Crippen LogP contribution in [0.4, 0.5) is 5.69 Å². The van der Waals surface area contributed by atoms with E-state index in [4.69, 9.17) is 0 Å². The maximum Gasteiger partial charge on any atom is 0.229 e. The summed E-state index contributed by atoms with van der Waals surface area (Å²) in [6, 6.07) is 7.75. The van der Waals surface area contributed by atoms with Crippen LogP contribution in [0.5, 0.6) is 0 Å². The van der Waals surface area contributed by atoms with E-state index in [-0.39, 0.29) is 0 Å². The molecule has 2 aromatic rings. The number of rotatable bonds is 4. The second-order valence-corrected chi connectivity index (χ2v) is 7.16. The zero-order valence-electron chi connectivity index (χ0n) is 11.0. The zero-order chi connectivity index (χ0) is 13.5. The summed E-state index contributed by atoms with van der Waals surface area (Å²) < 4.78 is 27.3. The molecule has 0 amide bonds. The van der Waals surface area contributed by atoms with Gasteiger partial charge in [-0.15, -0.1) is 0 Å². The van der Waals surface area contributed by atoms with E-state index in [9.17, 15) is 8.42 Å². The van der Waals surface area contributed by atoms with E-state index >= 15 is 0 Å². The number of hydrogen-bond donors (Lipinski definition) is 1. The van der Waals surface area contributed by atoms with Crippen LogP contribution in [0.2, 0.25) is 0 Å². The lowest BCUT2D eigenvalue weighted by atomic mass is 9.85. The van der Waals surface area contributed by atoms with Crippen molar-refractivity contribution >= 4 is 26.6 Å². The van der Waals surface area contributed by atoms with Crippen LogP contribution in [-0.2, 0) is 16.6 Å². The van der Waals surface area contributed by atoms with E-state index in [2.05, 4.69) is 21.6 Å². The van der Waals surface area contributed by atoms with Crippen LogP contribution in [0.25, 0.3) is 10.9 Å². The minimum atomic E-state index is -3.22. The number of fused-ring (bicyclic) bond motifs is 1. The van der Waals surface area contributed by atoms with E-state index in [0.29, 0.717) is 5.69 Å². The van der Waals surface area contributed by atoms with Gasteiger partial charge in [0.2, 0.25) is 10.0 Å². The third kappa shape index (κ3) is 2.76. The molecule has 5 heteroatoms. The summed E-state index contributed by atoms with van der Waals surface area (Å²) in [6.07, 6.45) is 7.21. The Morgan fingerprint density at radius 2 is 2.11 bits per heavy atom. The average molecular weight is 278 g/mol. The highest BCUT2D eigenvalue weighted by atomic mass is 32.2. The monoisotopic (exact) mass is 278 g/mol. The van der Waals surface area contributed by atoms with Crippen LogP contribution >= 0.6 is 0 Å². The number of benzene rings is 1. The van der Waals surface area contributed by atoms with Gasteiger partial charge in [-0.3, -0.25) is 4.72 Å². The fraction of sp³-hybridized carbons (Fsp3) is 0.429. The van der Waals surface area contributed by atoms with E-state index in [1.807, 2.05) is 12.1 Å². The van der Waals surface area contributed by atoms with Crippen molar-refractivity contribution < 1.29 is 8.42 Å². The quantitative estimate of drug-likeness (QED) is 0.935. The van der Waals surface area contributed by atoms with Crippen molar-refractivity contribution in [1.29, 1.82) is 0 Å². The van der Waals surface area contributed by atoms with Gasteiger partial charge in [0.15, 0.2) is 0 Å². The molecule has 1 saturated carbocycles. The Kier molecular flexibility index (Phi) is 3.01. The highest BCUT2D eigenvalue weighted by molar-refractivity contribution is 7.92. The number of anilines is 1. The lowest BCUT2D eigenvalue weighted by Gasteiger charge is -2.26. The summed E-state index contributed by atoms with van der Waals surface area (Å²) in [5, 5.41) is 1.15. The van der Waals surface area contributed by atoms with Crippen LogP contribution in [0.1, 0.15) is 19.3 Å². The van der Waals surface area contributed by atoms with Gasteiger partial charge in [-0.2, -0.15) is 0 Å². The lowest BCUT2D eigenvalue weighted by molar-refractivity contribution is 0.280. The Morgan fingerprint density at radius 1 is 1.32 bits per heavy atom. The molecule has 0 bridgehead atoms.